The van der Waals surface area contributed by atoms with Crippen molar-refractivity contribution in [1.29, 1.82) is 0 Å². The van der Waals surface area contributed by atoms with Crippen molar-refractivity contribution in [1.82, 2.24) is 15.3 Å². The molecular formula is C23H24ClN3O2. The first kappa shape index (κ1) is 18.4. The molecule has 1 aromatic carbocycles. The van der Waals surface area contributed by atoms with Crippen molar-refractivity contribution in [2.45, 2.75) is 45.8 Å². The summed E-state index contributed by atoms with van der Waals surface area (Å²) < 4.78 is 5.99. The van der Waals surface area contributed by atoms with Gasteiger partial charge < -0.3 is 20.0 Å². The molecule has 2 aliphatic carbocycles. The van der Waals surface area contributed by atoms with Crippen molar-refractivity contribution in [3.05, 3.63) is 58.0 Å². The van der Waals surface area contributed by atoms with Crippen LogP contribution in [0.15, 0.2) is 30.3 Å². The third-order valence-electron chi connectivity index (χ3n) is 5.95. The summed E-state index contributed by atoms with van der Waals surface area (Å²) in [5.41, 5.74) is 5.29. The summed E-state index contributed by atoms with van der Waals surface area (Å²) >= 11 is 6.45. The van der Waals surface area contributed by atoms with Gasteiger partial charge in [0.05, 0.1) is 17.3 Å². The lowest BCUT2D eigenvalue weighted by atomic mass is 10.1. The molecule has 1 fully saturated rings. The highest BCUT2D eigenvalue weighted by Gasteiger charge is 2.44. The van der Waals surface area contributed by atoms with E-state index in [1.807, 2.05) is 25.1 Å². The topological polar surface area (TPSA) is 69.9 Å². The molecule has 0 atom stereocenters. The number of ether oxygens (including phenoxy) is 1. The maximum Gasteiger partial charge on any atom is 0.226 e. The predicted molar refractivity (Wildman–Crippen MR) is 115 cm³/mol. The minimum atomic E-state index is -0.164. The summed E-state index contributed by atoms with van der Waals surface area (Å²) in [5.74, 6) is 0.770. The zero-order chi connectivity index (χ0) is 20.0. The van der Waals surface area contributed by atoms with Crippen LogP contribution >= 0.6 is 11.6 Å². The summed E-state index contributed by atoms with van der Waals surface area (Å²) in [6, 6.07) is 8.01. The van der Waals surface area contributed by atoms with Gasteiger partial charge in [-0.1, -0.05) is 24.6 Å². The third kappa shape index (κ3) is 3.67. The molecule has 2 aliphatic rings. The van der Waals surface area contributed by atoms with E-state index >= 15 is 0 Å². The summed E-state index contributed by atoms with van der Waals surface area (Å²) in [4.78, 5) is 18.9. The van der Waals surface area contributed by atoms with Crippen LogP contribution in [0, 0.1) is 5.41 Å². The first-order chi connectivity index (χ1) is 14.0. The van der Waals surface area contributed by atoms with Crippen LogP contribution in [-0.4, -0.2) is 15.9 Å². The molecule has 0 bridgehead atoms. The smallest absolute Gasteiger partial charge is 0.226 e. The molecule has 0 unspecified atom stereocenters. The number of rotatable bonds is 6. The molecule has 2 heterocycles. The standard InChI is InChI=1S/C23H24ClN3O2/c1-23(6-7-23)22(28)25-12-16-9-15-10-18(24)21(11-20(15)26-16)29-13-17-8-14-4-2-3-5-19(14)27-17/h3,5,8-11,26-27H,2,4,6-7,12-13H2,1H3,(H,25,28). The van der Waals surface area contributed by atoms with Gasteiger partial charge in [0.2, 0.25) is 5.91 Å². The molecule has 0 saturated heterocycles. The van der Waals surface area contributed by atoms with Gasteiger partial charge in [-0.05, 0) is 55.5 Å². The van der Waals surface area contributed by atoms with E-state index in [1.165, 1.54) is 11.3 Å². The Balaban J connectivity index is 1.28. The lowest BCUT2D eigenvalue weighted by molar-refractivity contribution is -0.125. The van der Waals surface area contributed by atoms with E-state index < -0.39 is 0 Å². The van der Waals surface area contributed by atoms with Crippen molar-refractivity contribution in [3.63, 3.8) is 0 Å². The number of H-pyrrole nitrogens is 2. The monoisotopic (exact) mass is 409 g/mol. The van der Waals surface area contributed by atoms with Gasteiger partial charge in [-0.3, -0.25) is 4.79 Å². The van der Waals surface area contributed by atoms with E-state index in [1.54, 1.807) is 0 Å². The number of fused-ring (bicyclic) bond motifs is 2. The SMILES string of the molecule is CC1(C(=O)NCc2cc3cc(Cl)c(OCc4cc5c([nH]4)C=CCC5)cc3[nH]2)CC1. The van der Waals surface area contributed by atoms with Gasteiger partial charge in [-0.15, -0.1) is 0 Å². The molecule has 1 saturated carbocycles. The normalized spacial score (nSPS) is 16.6. The van der Waals surface area contributed by atoms with E-state index in [0.717, 1.165) is 48.0 Å². The van der Waals surface area contributed by atoms with E-state index in [0.29, 0.717) is 23.9 Å². The number of allylic oxidation sites excluding steroid dienone is 1. The Hall–Kier alpha value is -2.66. The van der Waals surface area contributed by atoms with Crippen LogP contribution in [0.25, 0.3) is 17.0 Å². The minimum Gasteiger partial charge on any atom is -0.486 e. The molecule has 150 valence electrons. The van der Waals surface area contributed by atoms with Crippen molar-refractivity contribution in [2.24, 2.45) is 5.41 Å². The fraction of sp³-hybridized carbons (Fsp3) is 0.348. The summed E-state index contributed by atoms with van der Waals surface area (Å²) in [5, 5.41) is 4.60. The second kappa shape index (κ2) is 6.99. The Labute approximate surface area is 174 Å². The lowest BCUT2D eigenvalue weighted by Gasteiger charge is -2.08. The van der Waals surface area contributed by atoms with Crippen LogP contribution in [-0.2, 0) is 24.4 Å². The predicted octanol–water partition coefficient (Wildman–Crippen LogP) is 5.10. The number of carbonyl (C=O) groups excluding carboxylic acids is 1. The van der Waals surface area contributed by atoms with Crippen molar-refractivity contribution < 1.29 is 9.53 Å². The highest BCUT2D eigenvalue weighted by molar-refractivity contribution is 6.32. The number of amides is 1. The number of aromatic amines is 2. The van der Waals surface area contributed by atoms with E-state index in [4.69, 9.17) is 16.3 Å². The minimum absolute atomic E-state index is 0.127. The number of hydrogen-bond acceptors (Lipinski definition) is 2. The van der Waals surface area contributed by atoms with E-state index in [9.17, 15) is 4.79 Å². The number of benzene rings is 1. The van der Waals surface area contributed by atoms with Gasteiger partial charge in [0.25, 0.3) is 0 Å². The molecule has 0 spiro atoms. The Bertz CT molecular complexity index is 1120. The molecule has 2 aromatic heterocycles. The van der Waals surface area contributed by atoms with Crippen molar-refractivity contribution in [2.75, 3.05) is 0 Å². The number of aromatic nitrogens is 2. The van der Waals surface area contributed by atoms with Crippen LogP contribution < -0.4 is 10.1 Å². The zero-order valence-corrected chi connectivity index (χ0v) is 17.2. The third-order valence-corrected chi connectivity index (χ3v) is 6.25. The molecule has 5 nitrogen and oxygen atoms in total. The largest absolute Gasteiger partial charge is 0.486 e. The molecule has 0 aliphatic heterocycles. The van der Waals surface area contributed by atoms with Crippen LogP contribution in [0.3, 0.4) is 0 Å². The van der Waals surface area contributed by atoms with Crippen molar-refractivity contribution >= 4 is 34.5 Å². The average Bonchev–Trinajstić information content (AvgIpc) is 3.15. The van der Waals surface area contributed by atoms with Gasteiger partial charge in [0.1, 0.15) is 12.4 Å². The van der Waals surface area contributed by atoms with E-state index in [2.05, 4.69) is 33.5 Å². The molecule has 6 heteroatoms. The molecular weight excluding hydrogens is 386 g/mol. The molecule has 5 rings (SSSR count). The quantitative estimate of drug-likeness (QED) is 0.529. The van der Waals surface area contributed by atoms with Crippen LogP contribution in [0.4, 0.5) is 0 Å². The molecule has 0 radical (unpaired) electrons. The second-order valence-corrected chi connectivity index (χ2v) is 8.78. The Morgan fingerprint density at radius 1 is 1.21 bits per heavy atom. The maximum atomic E-state index is 12.1. The van der Waals surface area contributed by atoms with Gasteiger partial charge in [-0.25, -0.2) is 0 Å². The Morgan fingerprint density at radius 2 is 2.07 bits per heavy atom. The highest BCUT2D eigenvalue weighted by Crippen LogP contribution is 2.45. The maximum absolute atomic E-state index is 12.1. The van der Waals surface area contributed by atoms with Gasteiger partial charge in [0, 0.05) is 33.8 Å². The Morgan fingerprint density at radius 3 is 2.86 bits per heavy atom. The van der Waals surface area contributed by atoms with Crippen LogP contribution in [0.2, 0.25) is 5.02 Å². The molecule has 3 aromatic rings. The zero-order valence-electron chi connectivity index (χ0n) is 16.4. The summed E-state index contributed by atoms with van der Waals surface area (Å²) in [6.45, 7) is 2.93. The van der Waals surface area contributed by atoms with Gasteiger partial charge in [-0.2, -0.15) is 0 Å². The van der Waals surface area contributed by atoms with Crippen LogP contribution in [0.5, 0.6) is 5.75 Å². The molecule has 1 amide bonds. The Kier molecular flexibility index (Phi) is 4.43. The molecule has 29 heavy (non-hydrogen) atoms. The highest BCUT2D eigenvalue weighted by atomic mass is 35.5. The van der Waals surface area contributed by atoms with Gasteiger partial charge in [0.15, 0.2) is 0 Å². The number of aryl methyl sites for hydroxylation is 1. The van der Waals surface area contributed by atoms with E-state index in [-0.39, 0.29) is 11.3 Å². The average molecular weight is 410 g/mol. The molecule has 3 N–H and O–H groups in total. The number of halogens is 1. The van der Waals surface area contributed by atoms with Crippen molar-refractivity contribution in [3.8, 4) is 5.75 Å². The number of hydrogen-bond donors (Lipinski definition) is 3. The first-order valence-electron chi connectivity index (χ1n) is 10.1. The first-order valence-corrected chi connectivity index (χ1v) is 10.5. The fourth-order valence-electron chi connectivity index (χ4n) is 3.81. The number of nitrogens with one attached hydrogen (secondary N) is 3. The summed E-state index contributed by atoms with van der Waals surface area (Å²) in [7, 11) is 0. The second-order valence-electron chi connectivity index (χ2n) is 8.37. The number of carbonyl (C=O) groups is 1. The van der Waals surface area contributed by atoms with Gasteiger partial charge >= 0.3 is 0 Å². The summed E-state index contributed by atoms with van der Waals surface area (Å²) in [6.07, 6.45) is 8.41. The van der Waals surface area contributed by atoms with Crippen LogP contribution in [0.1, 0.15) is 48.8 Å². The lowest BCUT2D eigenvalue weighted by Crippen LogP contribution is -2.29. The fourth-order valence-corrected chi connectivity index (χ4v) is 4.04.